The molecule has 20 heavy (non-hydrogen) atoms. The minimum absolute atomic E-state index is 0.0156. The maximum atomic E-state index is 11.3. The second kappa shape index (κ2) is 6.44. The van der Waals surface area contributed by atoms with Crippen molar-refractivity contribution in [3.05, 3.63) is 0 Å². The van der Waals surface area contributed by atoms with E-state index in [0.29, 0.717) is 12.8 Å². The zero-order chi connectivity index (χ0) is 14.9. The topological polar surface area (TPSA) is 139 Å². The van der Waals surface area contributed by atoms with Crippen molar-refractivity contribution in [3.8, 4) is 0 Å². The van der Waals surface area contributed by atoms with E-state index in [2.05, 4.69) is 9.37 Å². The maximum absolute atomic E-state index is 11.3. The molecule has 6 unspecified atom stereocenters. The number of aliphatic hydroxyl groups is 1. The van der Waals surface area contributed by atoms with E-state index < -0.39 is 21.5 Å². The van der Waals surface area contributed by atoms with Crippen LogP contribution in [0, 0.1) is 11.8 Å². The molecule has 0 aromatic heterocycles. The minimum atomic E-state index is -4.16. The molecule has 118 valence electrons. The third kappa shape index (κ3) is 3.63. The van der Waals surface area contributed by atoms with Crippen LogP contribution < -0.4 is 5.73 Å². The van der Waals surface area contributed by atoms with Crippen molar-refractivity contribution >= 4 is 22.2 Å². The number of hydrogen-bond donors (Lipinski definition) is 4. The van der Waals surface area contributed by atoms with Crippen molar-refractivity contribution in [1.29, 1.82) is 0 Å². The molecule has 2 aliphatic carbocycles. The summed E-state index contributed by atoms with van der Waals surface area (Å²) >= 11 is 0.921. The lowest BCUT2D eigenvalue weighted by molar-refractivity contribution is -0.432. The summed E-state index contributed by atoms with van der Waals surface area (Å²) in [5.41, 5.74) is 6.05. The molecule has 0 radical (unpaired) electrons. The molecule has 0 heterocycles. The Bertz CT molecular complexity index is 431. The fourth-order valence-electron chi connectivity index (χ4n) is 3.51. The molecular weight excluding hydrogens is 310 g/mol. The molecule has 2 fully saturated rings. The Labute approximate surface area is 121 Å². The lowest BCUT2D eigenvalue weighted by Crippen LogP contribution is -2.53. The molecule has 0 aromatic carbocycles. The third-order valence-electron chi connectivity index (χ3n) is 4.28. The van der Waals surface area contributed by atoms with Crippen LogP contribution in [0.1, 0.15) is 25.7 Å². The van der Waals surface area contributed by atoms with Gasteiger partial charge < -0.3 is 10.8 Å². The number of nitrogens with two attached hydrogens (primary N) is 1. The van der Waals surface area contributed by atoms with Gasteiger partial charge >= 0.3 is 0 Å². The van der Waals surface area contributed by atoms with Gasteiger partial charge in [-0.3, -0.25) is 4.55 Å². The summed E-state index contributed by atoms with van der Waals surface area (Å²) in [4.78, 5) is 0. The van der Waals surface area contributed by atoms with Crippen LogP contribution in [0.4, 0.5) is 0 Å². The van der Waals surface area contributed by atoms with Gasteiger partial charge in [0.05, 0.1) is 11.4 Å². The van der Waals surface area contributed by atoms with Gasteiger partial charge in [-0.2, -0.15) is 8.42 Å². The first-order chi connectivity index (χ1) is 9.32. The van der Waals surface area contributed by atoms with Crippen LogP contribution in [0.2, 0.25) is 0 Å². The highest BCUT2D eigenvalue weighted by Gasteiger charge is 2.47. The lowest BCUT2D eigenvalue weighted by Gasteiger charge is -2.46. The van der Waals surface area contributed by atoms with Crippen molar-refractivity contribution < 1.29 is 32.7 Å². The first kappa shape index (κ1) is 16.4. The fraction of sp³-hybridized carbons (Fsp3) is 1.00. The summed E-state index contributed by atoms with van der Waals surface area (Å²) in [6.07, 6.45) is 0.599. The van der Waals surface area contributed by atoms with Crippen LogP contribution in [0.5, 0.6) is 0 Å². The van der Waals surface area contributed by atoms with Crippen LogP contribution >= 0.6 is 12.0 Å². The quantitative estimate of drug-likeness (QED) is 0.246. The summed E-state index contributed by atoms with van der Waals surface area (Å²) in [5.74, 6) is -0.297. The highest BCUT2D eigenvalue weighted by atomic mass is 32.2. The van der Waals surface area contributed by atoms with Gasteiger partial charge in [0, 0.05) is 29.3 Å². The molecule has 0 spiro atoms. The molecule has 0 bridgehead atoms. The van der Waals surface area contributed by atoms with Gasteiger partial charge in [-0.05, 0) is 31.6 Å². The average Bonchev–Trinajstić information content (AvgIpc) is 2.34. The molecular formula is C10H19NO7S2. The predicted octanol–water partition coefficient (Wildman–Crippen LogP) is 0.189. The summed E-state index contributed by atoms with van der Waals surface area (Å²) in [5, 5.41) is 20.8. The zero-order valence-electron chi connectivity index (χ0n) is 10.7. The summed E-state index contributed by atoms with van der Waals surface area (Å²) in [7, 11) is -4.16. The molecule has 0 aromatic rings. The van der Waals surface area contributed by atoms with E-state index in [4.69, 9.17) is 11.0 Å². The Balaban J connectivity index is 2.08. The van der Waals surface area contributed by atoms with Gasteiger partial charge in [-0.25, -0.2) is 5.26 Å². The van der Waals surface area contributed by atoms with Crippen molar-refractivity contribution in [3.63, 3.8) is 0 Å². The second-order valence-corrected chi connectivity index (χ2v) is 8.20. The van der Waals surface area contributed by atoms with Gasteiger partial charge in [0.1, 0.15) is 0 Å². The number of fused-ring (bicyclic) bond motifs is 1. The van der Waals surface area contributed by atoms with Crippen LogP contribution in [-0.2, 0) is 19.5 Å². The normalized spacial score (nSPS) is 42.2. The molecule has 2 rings (SSSR count). The SMILES string of the molecule is NC1CC(SOOO)CC2CC(S(=O)(=O)O)CC(O)C12. The van der Waals surface area contributed by atoms with E-state index in [1.165, 1.54) is 0 Å². The van der Waals surface area contributed by atoms with Gasteiger partial charge in [0.25, 0.3) is 10.1 Å². The first-order valence-corrected chi connectivity index (χ1v) is 8.67. The molecule has 8 nitrogen and oxygen atoms in total. The van der Waals surface area contributed by atoms with Crippen molar-refractivity contribution in [2.24, 2.45) is 17.6 Å². The molecule has 6 atom stereocenters. The molecule has 10 heteroatoms. The average molecular weight is 329 g/mol. The Morgan fingerprint density at radius 3 is 2.50 bits per heavy atom. The van der Waals surface area contributed by atoms with Crippen LogP contribution in [-0.4, -0.2) is 46.0 Å². The smallest absolute Gasteiger partial charge is 0.267 e. The number of hydrogen-bond acceptors (Lipinski definition) is 8. The summed E-state index contributed by atoms with van der Waals surface area (Å²) in [6, 6.07) is -0.286. The molecule has 2 saturated carbocycles. The number of rotatable bonds is 4. The van der Waals surface area contributed by atoms with E-state index in [1.807, 2.05) is 0 Å². The van der Waals surface area contributed by atoms with Crippen molar-refractivity contribution in [2.75, 3.05) is 0 Å². The molecule has 0 amide bonds. The zero-order valence-corrected chi connectivity index (χ0v) is 12.3. The number of aliphatic hydroxyl groups excluding tert-OH is 1. The van der Waals surface area contributed by atoms with Crippen LogP contribution in [0.25, 0.3) is 0 Å². The van der Waals surface area contributed by atoms with E-state index in [-0.39, 0.29) is 36.0 Å². The van der Waals surface area contributed by atoms with Gasteiger partial charge in [0.15, 0.2) is 0 Å². The van der Waals surface area contributed by atoms with E-state index >= 15 is 0 Å². The maximum Gasteiger partial charge on any atom is 0.267 e. The van der Waals surface area contributed by atoms with Crippen LogP contribution in [0.3, 0.4) is 0 Å². The third-order valence-corrected chi connectivity index (χ3v) is 6.30. The molecule has 0 saturated heterocycles. The largest absolute Gasteiger partial charge is 0.393 e. The van der Waals surface area contributed by atoms with E-state index in [1.54, 1.807) is 0 Å². The fourth-order valence-corrected chi connectivity index (χ4v) is 5.21. The second-order valence-electron chi connectivity index (χ2n) is 5.51. The van der Waals surface area contributed by atoms with Crippen molar-refractivity contribution in [2.45, 2.75) is 48.3 Å². The minimum Gasteiger partial charge on any atom is -0.393 e. The Morgan fingerprint density at radius 1 is 1.20 bits per heavy atom. The summed E-state index contributed by atoms with van der Waals surface area (Å²) in [6.45, 7) is 0. The van der Waals surface area contributed by atoms with Crippen molar-refractivity contribution in [1.82, 2.24) is 0 Å². The van der Waals surface area contributed by atoms with Gasteiger partial charge in [0.2, 0.25) is 0 Å². The molecule has 0 aliphatic heterocycles. The Morgan fingerprint density at radius 2 is 1.90 bits per heavy atom. The van der Waals surface area contributed by atoms with E-state index in [0.717, 1.165) is 12.0 Å². The predicted molar refractivity (Wildman–Crippen MR) is 70.9 cm³/mol. The Kier molecular flexibility index (Phi) is 5.29. The standard InChI is InChI=1S/C10H19NO7S2/c11-8-3-6(19-18-17-13)1-5-2-7(20(14,15)16)4-9(12)10(5)8/h5-10,12-13H,1-4,11H2,(H,14,15,16). The van der Waals surface area contributed by atoms with Crippen LogP contribution in [0.15, 0.2) is 0 Å². The monoisotopic (exact) mass is 329 g/mol. The lowest BCUT2D eigenvalue weighted by atomic mass is 9.67. The first-order valence-electron chi connectivity index (χ1n) is 6.36. The highest BCUT2D eigenvalue weighted by Crippen LogP contribution is 2.44. The van der Waals surface area contributed by atoms with Gasteiger partial charge in [-0.1, -0.05) is 5.04 Å². The molecule has 5 N–H and O–H groups in total. The van der Waals surface area contributed by atoms with Gasteiger partial charge in [-0.15, -0.1) is 4.33 Å². The van der Waals surface area contributed by atoms with E-state index in [9.17, 15) is 18.1 Å². The Hall–Kier alpha value is 0.0600. The molecule has 2 aliphatic rings. The summed E-state index contributed by atoms with van der Waals surface area (Å²) < 4.78 is 36.1. The highest BCUT2D eigenvalue weighted by molar-refractivity contribution is 7.95.